The second-order valence-corrected chi connectivity index (χ2v) is 6.61. The first kappa shape index (κ1) is 16.3. The zero-order valence-electron chi connectivity index (χ0n) is 15.1. The summed E-state index contributed by atoms with van der Waals surface area (Å²) < 4.78 is 8.03. The molecule has 0 radical (unpaired) electrons. The molecule has 3 heteroatoms. The number of benzene rings is 4. The molecular formula is C25H17NO2. The normalized spacial score (nSPS) is 11.0. The molecule has 0 saturated heterocycles. The van der Waals surface area contributed by atoms with Crippen LogP contribution < -0.4 is 10.2 Å². The minimum absolute atomic E-state index is 0.0616. The van der Waals surface area contributed by atoms with Crippen LogP contribution in [0.2, 0.25) is 0 Å². The molecule has 0 N–H and O–H groups in total. The van der Waals surface area contributed by atoms with Gasteiger partial charge in [-0.3, -0.25) is 4.79 Å². The lowest BCUT2D eigenvalue weighted by molar-refractivity contribution is 0.482. The number of fused-ring (bicyclic) bond motifs is 2. The van der Waals surface area contributed by atoms with Crippen molar-refractivity contribution in [2.75, 3.05) is 0 Å². The summed E-state index contributed by atoms with van der Waals surface area (Å²) in [5.74, 6) is 1.57. The first-order valence-electron chi connectivity index (χ1n) is 9.17. The van der Waals surface area contributed by atoms with E-state index in [1.165, 1.54) is 0 Å². The summed E-state index contributed by atoms with van der Waals surface area (Å²) in [6.07, 6.45) is 0. The van der Waals surface area contributed by atoms with Crippen LogP contribution in [0.3, 0.4) is 0 Å². The summed E-state index contributed by atoms with van der Waals surface area (Å²) in [6.45, 7) is 0. The summed E-state index contributed by atoms with van der Waals surface area (Å²) in [6, 6.07) is 33.1. The highest BCUT2D eigenvalue weighted by atomic mass is 16.5. The third kappa shape index (κ3) is 2.74. The molecule has 5 rings (SSSR count). The molecule has 0 aliphatic heterocycles. The summed E-state index contributed by atoms with van der Waals surface area (Å²) in [5, 5.41) is 1.43. The molecule has 1 aromatic heterocycles. The minimum atomic E-state index is 0.0616. The van der Waals surface area contributed by atoms with Gasteiger partial charge in [0, 0.05) is 16.5 Å². The first-order chi connectivity index (χ1) is 13.8. The fraction of sp³-hybridized carbons (Fsp3) is 0. The van der Waals surface area contributed by atoms with Gasteiger partial charge in [-0.15, -0.1) is 0 Å². The Labute approximate surface area is 162 Å². The Balaban J connectivity index is 1.68. The molecule has 3 nitrogen and oxygen atoms in total. The van der Waals surface area contributed by atoms with Gasteiger partial charge in [-0.1, -0.05) is 42.5 Å². The van der Waals surface area contributed by atoms with Crippen molar-refractivity contribution in [1.82, 2.24) is 4.57 Å². The van der Waals surface area contributed by atoms with Crippen molar-refractivity contribution in [1.29, 1.82) is 0 Å². The molecule has 0 atom stereocenters. The van der Waals surface area contributed by atoms with Crippen LogP contribution in [-0.2, 0) is 0 Å². The third-order valence-electron chi connectivity index (χ3n) is 4.85. The van der Waals surface area contributed by atoms with Gasteiger partial charge in [-0.05, 0) is 60.7 Å². The van der Waals surface area contributed by atoms with Gasteiger partial charge >= 0.3 is 0 Å². The molecular weight excluding hydrogens is 346 g/mol. The average molecular weight is 363 g/mol. The molecule has 1 heterocycles. The number of aromatic nitrogens is 1. The number of rotatable bonds is 3. The van der Waals surface area contributed by atoms with Gasteiger partial charge in [0.15, 0.2) is 5.43 Å². The number of hydrogen-bond donors (Lipinski definition) is 0. The van der Waals surface area contributed by atoms with Crippen molar-refractivity contribution in [3.63, 3.8) is 0 Å². The molecule has 28 heavy (non-hydrogen) atoms. The van der Waals surface area contributed by atoms with Gasteiger partial charge in [-0.25, -0.2) is 0 Å². The highest BCUT2D eigenvalue weighted by Crippen LogP contribution is 2.27. The van der Waals surface area contributed by atoms with E-state index in [9.17, 15) is 4.79 Å². The van der Waals surface area contributed by atoms with Crippen LogP contribution in [-0.4, -0.2) is 4.57 Å². The molecule has 0 aliphatic rings. The van der Waals surface area contributed by atoms with Crippen molar-refractivity contribution < 1.29 is 4.74 Å². The Bertz CT molecular complexity index is 1280. The Hall–Kier alpha value is -3.85. The molecule has 134 valence electrons. The van der Waals surface area contributed by atoms with E-state index in [4.69, 9.17) is 4.74 Å². The van der Waals surface area contributed by atoms with Gasteiger partial charge in [0.2, 0.25) is 0 Å². The Morgan fingerprint density at radius 3 is 1.64 bits per heavy atom. The van der Waals surface area contributed by atoms with E-state index in [-0.39, 0.29) is 5.43 Å². The summed E-state index contributed by atoms with van der Waals surface area (Å²) >= 11 is 0. The van der Waals surface area contributed by atoms with Crippen LogP contribution in [0.5, 0.6) is 11.5 Å². The SMILES string of the molecule is O=c1c2ccccc2n(-c2ccc(Oc3ccccc3)cc2)c2ccccc12. The standard InChI is InChI=1S/C25H17NO2/c27-25-21-10-4-6-12-23(21)26(24-13-7-5-11-22(24)25)18-14-16-20(17-15-18)28-19-8-2-1-3-9-19/h1-17H. The highest BCUT2D eigenvalue weighted by molar-refractivity contribution is 5.95. The van der Waals surface area contributed by atoms with Crippen LogP contribution in [0.25, 0.3) is 27.5 Å². The number of ether oxygens (including phenoxy) is 1. The van der Waals surface area contributed by atoms with Gasteiger partial charge in [0.05, 0.1) is 11.0 Å². The van der Waals surface area contributed by atoms with E-state index in [1.807, 2.05) is 103 Å². The molecule has 4 aromatic carbocycles. The molecule has 0 saturated carbocycles. The molecule has 0 amide bonds. The molecule has 0 unspecified atom stereocenters. The van der Waals surface area contributed by atoms with E-state index in [1.54, 1.807) is 0 Å². The Kier molecular flexibility index (Phi) is 3.91. The van der Waals surface area contributed by atoms with E-state index < -0.39 is 0 Å². The molecule has 0 spiro atoms. The quantitative estimate of drug-likeness (QED) is 0.372. The molecule has 5 aromatic rings. The van der Waals surface area contributed by atoms with Crippen molar-refractivity contribution >= 4 is 21.8 Å². The predicted octanol–water partition coefficient (Wildman–Crippen LogP) is 5.94. The van der Waals surface area contributed by atoms with Crippen LogP contribution in [0.1, 0.15) is 0 Å². The molecule has 0 fully saturated rings. The smallest absolute Gasteiger partial charge is 0.197 e. The number of nitrogens with zero attached hydrogens (tertiary/aromatic N) is 1. The second-order valence-electron chi connectivity index (χ2n) is 6.61. The van der Waals surface area contributed by atoms with E-state index in [0.29, 0.717) is 10.8 Å². The summed E-state index contributed by atoms with van der Waals surface area (Å²) in [5.41, 5.74) is 2.82. The predicted molar refractivity (Wildman–Crippen MR) is 114 cm³/mol. The van der Waals surface area contributed by atoms with Crippen LogP contribution in [0.4, 0.5) is 0 Å². The summed E-state index contributed by atoms with van der Waals surface area (Å²) in [4.78, 5) is 12.9. The number of pyridine rings is 1. The lowest BCUT2D eigenvalue weighted by Crippen LogP contribution is -2.10. The van der Waals surface area contributed by atoms with Crippen molar-refractivity contribution in [3.05, 3.63) is 113 Å². The maximum atomic E-state index is 12.9. The second kappa shape index (κ2) is 6.71. The van der Waals surface area contributed by atoms with Crippen molar-refractivity contribution in [2.45, 2.75) is 0 Å². The lowest BCUT2D eigenvalue weighted by Gasteiger charge is -2.16. The summed E-state index contributed by atoms with van der Waals surface area (Å²) in [7, 11) is 0. The monoisotopic (exact) mass is 363 g/mol. The zero-order valence-corrected chi connectivity index (χ0v) is 15.1. The third-order valence-corrected chi connectivity index (χ3v) is 4.85. The molecule has 0 bridgehead atoms. The van der Waals surface area contributed by atoms with Crippen molar-refractivity contribution in [3.8, 4) is 17.2 Å². The minimum Gasteiger partial charge on any atom is -0.457 e. The maximum Gasteiger partial charge on any atom is 0.197 e. The van der Waals surface area contributed by atoms with E-state index in [0.717, 1.165) is 28.2 Å². The first-order valence-corrected chi connectivity index (χ1v) is 9.17. The number of hydrogen-bond acceptors (Lipinski definition) is 2. The average Bonchev–Trinajstić information content (AvgIpc) is 2.76. The van der Waals surface area contributed by atoms with Crippen molar-refractivity contribution in [2.24, 2.45) is 0 Å². The Morgan fingerprint density at radius 1 is 0.536 bits per heavy atom. The largest absolute Gasteiger partial charge is 0.457 e. The topological polar surface area (TPSA) is 31.2 Å². The fourth-order valence-corrected chi connectivity index (χ4v) is 3.56. The highest BCUT2D eigenvalue weighted by Gasteiger charge is 2.11. The van der Waals surface area contributed by atoms with E-state index >= 15 is 0 Å². The van der Waals surface area contributed by atoms with Crippen LogP contribution in [0.15, 0.2) is 108 Å². The van der Waals surface area contributed by atoms with Gasteiger partial charge in [-0.2, -0.15) is 0 Å². The van der Waals surface area contributed by atoms with E-state index in [2.05, 4.69) is 4.57 Å². The van der Waals surface area contributed by atoms with Gasteiger partial charge in [0.25, 0.3) is 0 Å². The zero-order chi connectivity index (χ0) is 18.9. The fourth-order valence-electron chi connectivity index (χ4n) is 3.56. The Morgan fingerprint density at radius 2 is 1.04 bits per heavy atom. The maximum absolute atomic E-state index is 12.9. The van der Waals surface area contributed by atoms with Gasteiger partial charge < -0.3 is 9.30 Å². The van der Waals surface area contributed by atoms with Crippen LogP contribution >= 0.6 is 0 Å². The van der Waals surface area contributed by atoms with Gasteiger partial charge in [0.1, 0.15) is 11.5 Å². The van der Waals surface area contributed by atoms with Crippen LogP contribution in [0, 0.1) is 0 Å². The lowest BCUT2D eigenvalue weighted by atomic mass is 10.1. The molecule has 0 aliphatic carbocycles. The number of para-hydroxylation sites is 3.